The lowest BCUT2D eigenvalue weighted by atomic mass is 10.00. The van der Waals surface area contributed by atoms with E-state index >= 15 is 0 Å². The van der Waals surface area contributed by atoms with Crippen LogP contribution in [0.4, 0.5) is 5.69 Å². The molecule has 1 N–H and O–H groups in total. The maximum absolute atomic E-state index is 13.6. The number of fused-ring (bicyclic) bond motifs is 1. The highest BCUT2D eigenvalue weighted by atomic mass is 32.2. The second kappa shape index (κ2) is 8.30. The normalized spacial score (nSPS) is 11.7. The van der Waals surface area contributed by atoms with Gasteiger partial charge in [0.05, 0.1) is 10.9 Å². The Labute approximate surface area is 177 Å². The number of nitrogens with one attached hydrogen (secondary N) is 1. The Morgan fingerprint density at radius 1 is 0.667 bits per heavy atom. The minimum Gasteiger partial charge on any atom is -0.377 e. The van der Waals surface area contributed by atoms with Crippen LogP contribution in [0.25, 0.3) is 10.8 Å². The quantitative estimate of drug-likeness (QED) is 0.483. The molecule has 0 aliphatic rings. The highest BCUT2D eigenvalue weighted by molar-refractivity contribution is 7.89. The molecule has 0 unspecified atom stereocenters. The zero-order chi connectivity index (χ0) is 21.1. The first-order valence-electron chi connectivity index (χ1n) is 9.79. The van der Waals surface area contributed by atoms with Crippen molar-refractivity contribution in [2.75, 3.05) is 19.0 Å². The molecule has 0 amide bonds. The van der Waals surface area contributed by atoms with Gasteiger partial charge >= 0.3 is 0 Å². The van der Waals surface area contributed by atoms with Crippen LogP contribution in [0.15, 0.2) is 102 Å². The van der Waals surface area contributed by atoms with E-state index in [1.165, 1.54) is 0 Å². The van der Waals surface area contributed by atoms with Crippen LogP contribution in [0.2, 0.25) is 0 Å². The van der Waals surface area contributed by atoms with Gasteiger partial charge in [0.25, 0.3) is 0 Å². The maximum atomic E-state index is 13.6. The van der Waals surface area contributed by atoms with Crippen molar-refractivity contribution in [3.05, 3.63) is 108 Å². The fraction of sp³-hybridized carbons (Fsp3) is 0.120. The highest BCUT2D eigenvalue weighted by Gasteiger charge is 2.24. The van der Waals surface area contributed by atoms with E-state index < -0.39 is 16.1 Å². The SMILES string of the molecule is CN(C)c1cccc2c(S(=O)(=O)NC(c3ccccc3)c3ccccc3)cccc12. The second-order valence-electron chi connectivity index (χ2n) is 7.40. The van der Waals surface area contributed by atoms with E-state index in [-0.39, 0.29) is 4.90 Å². The molecule has 152 valence electrons. The molecule has 0 bridgehead atoms. The molecule has 0 aliphatic heterocycles. The lowest BCUT2D eigenvalue weighted by Gasteiger charge is -2.21. The van der Waals surface area contributed by atoms with Gasteiger partial charge in [-0.2, -0.15) is 4.72 Å². The summed E-state index contributed by atoms with van der Waals surface area (Å²) in [7, 11) is 0.113. The monoisotopic (exact) mass is 416 g/mol. The van der Waals surface area contributed by atoms with Gasteiger partial charge in [0.15, 0.2) is 0 Å². The molecular formula is C25H24N2O2S. The molecule has 4 aromatic carbocycles. The van der Waals surface area contributed by atoms with Gasteiger partial charge in [0, 0.05) is 30.6 Å². The third-order valence-corrected chi connectivity index (χ3v) is 6.65. The predicted molar refractivity (Wildman–Crippen MR) is 123 cm³/mol. The smallest absolute Gasteiger partial charge is 0.242 e. The van der Waals surface area contributed by atoms with Crippen LogP contribution in [0.5, 0.6) is 0 Å². The molecule has 5 heteroatoms. The molecule has 0 atom stereocenters. The molecule has 4 rings (SSSR count). The summed E-state index contributed by atoms with van der Waals surface area (Å²) in [5.74, 6) is 0. The minimum atomic E-state index is -3.79. The number of nitrogens with zero attached hydrogens (tertiary/aromatic N) is 1. The number of rotatable bonds is 6. The van der Waals surface area contributed by atoms with Crippen molar-refractivity contribution in [2.45, 2.75) is 10.9 Å². The van der Waals surface area contributed by atoms with E-state index in [0.29, 0.717) is 5.39 Å². The summed E-state index contributed by atoms with van der Waals surface area (Å²) >= 11 is 0. The first-order chi connectivity index (χ1) is 14.5. The number of hydrogen-bond acceptors (Lipinski definition) is 3. The summed E-state index contributed by atoms with van der Waals surface area (Å²) < 4.78 is 30.1. The molecule has 4 nitrogen and oxygen atoms in total. The largest absolute Gasteiger partial charge is 0.377 e. The van der Waals surface area contributed by atoms with Crippen molar-refractivity contribution in [2.24, 2.45) is 0 Å². The first kappa shape index (κ1) is 20.1. The van der Waals surface area contributed by atoms with Crippen LogP contribution in [0.3, 0.4) is 0 Å². The van der Waals surface area contributed by atoms with E-state index in [1.807, 2.05) is 104 Å². The summed E-state index contributed by atoms with van der Waals surface area (Å²) in [6, 6.07) is 29.9. The Hall–Kier alpha value is -3.15. The molecule has 30 heavy (non-hydrogen) atoms. The van der Waals surface area contributed by atoms with Crippen molar-refractivity contribution in [1.82, 2.24) is 4.72 Å². The van der Waals surface area contributed by atoms with Gasteiger partial charge in [-0.25, -0.2) is 8.42 Å². The van der Waals surface area contributed by atoms with Crippen LogP contribution in [-0.2, 0) is 10.0 Å². The van der Waals surface area contributed by atoms with Crippen LogP contribution >= 0.6 is 0 Å². The molecule has 0 spiro atoms. The van der Waals surface area contributed by atoms with Crippen molar-refractivity contribution < 1.29 is 8.42 Å². The summed E-state index contributed by atoms with van der Waals surface area (Å²) in [6.45, 7) is 0. The van der Waals surface area contributed by atoms with Crippen LogP contribution in [0, 0.1) is 0 Å². The summed E-state index contributed by atoms with van der Waals surface area (Å²) in [5.41, 5.74) is 2.76. The maximum Gasteiger partial charge on any atom is 0.242 e. The Morgan fingerprint density at radius 2 is 1.20 bits per heavy atom. The van der Waals surface area contributed by atoms with Gasteiger partial charge in [0.1, 0.15) is 0 Å². The lowest BCUT2D eigenvalue weighted by Crippen LogP contribution is -2.29. The Kier molecular flexibility index (Phi) is 5.57. The summed E-state index contributed by atoms with van der Waals surface area (Å²) in [6.07, 6.45) is 0. The third kappa shape index (κ3) is 3.95. The average molecular weight is 417 g/mol. The fourth-order valence-corrected chi connectivity index (χ4v) is 5.16. The van der Waals surface area contributed by atoms with E-state index in [9.17, 15) is 8.42 Å². The van der Waals surface area contributed by atoms with E-state index in [4.69, 9.17) is 0 Å². The Bertz CT molecular complexity index is 1210. The van der Waals surface area contributed by atoms with E-state index in [1.54, 1.807) is 12.1 Å². The zero-order valence-electron chi connectivity index (χ0n) is 17.0. The molecule has 0 heterocycles. The number of anilines is 1. The first-order valence-corrected chi connectivity index (χ1v) is 11.3. The molecule has 0 saturated heterocycles. The molecule has 0 aromatic heterocycles. The lowest BCUT2D eigenvalue weighted by molar-refractivity contribution is 0.573. The number of benzene rings is 4. The van der Waals surface area contributed by atoms with Crippen molar-refractivity contribution in [3.63, 3.8) is 0 Å². The Balaban J connectivity index is 1.82. The molecular weight excluding hydrogens is 392 g/mol. The molecule has 0 fully saturated rings. The van der Waals surface area contributed by atoms with Crippen molar-refractivity contribution in [3.8, 4) is 0 Å². The molecule has 0 radical (unpaired) electrons. The van der Waals surface area contributed by atoms with Gasteiger partial charge in [-0.05, 0) is 23.3 Å². The minimum absolute atomic E-state index is 0.278. The number of sulfonamides is 1. The standard InChI is InChI=1S/C25H24N2O2S/c1-27(2)23-17-9-16-22-21(23)15-10-18-24(22)30(28,29)26-25(19-11-5-3-6-12-19)20-13-7-4-8-14-20/h3-18,25-26H,1-2H3. The Morgan fingerprint density at radius 3 is 1.77 bits per heavy atom. The van der Waals surface area contributed by atoms with E-state index in [0.717, 1.165) is 22.2 Å². The fourth-order valence-electron chi connectivity index (χ4n) is 3.73. The summed E-state index contributed by atoms with van der Waals surface area (Å²) in [5, 5.41) is 1.61. The number of hydrogen-bond donors (Lipinski definition) is 1. The van der Waals surface area contributed by atoms with Gasteiger partial charge in [-0.1, -0.05) is 84.9 Å². The van der Waals surface area contributed by atoms with Crippen molar-refractivity contribution >= 4 is 26.5 Å². The third-order valence-electron chi connectivity index (χ3n) is 5.17. The summed E-state index contributed by atoms with van der Waals surface area (Å²) in [4.78, 5) is 2.27. The second-order valence-corrected chi connectivity index (χ2v) is 9.08. The highest BCUT2D eigenvalue weighted by Crippen LogP contribution is 2.32. The van der Waals surface area contributed by atoms with Crippen LogP contribution in [0.1, 0.15) is 17.2 Å². The van der Waals surface area contributed by atoms with E-state index in [2.05, 4.69) is 4.72 Å². The average Bonchev–Trinajstić information content (AvgIpc) is 2.77. The molecule has 0 aliphatic carbocycles. The zero-order valence-corrected chi connectivity index (χ0v) is 17.8. The topological polar surface area (TPSA) is 49.4 Å². The van der Waals surface area contributed by atoms with Gasteiger partial charge in [-0.15, -0.1) is 0 Å². The molecule has 4 aromatic rings. The molecule has 0 saturated carbocycles. The van der Waals surface area contributed by atoms with Crippen LogP contribution in [-0.4, -0.2) is 22.5 Å². The van der Waals surface area contributed by atoms with Gasteiger partial charge in [-0.3, -0.25) is 0 Å². The van der Waals surface area contributed by atoms with Crippen LogP contribution < -0.4 is 9.62 Å². The van der Waals surface area contributed by atoms with Gasteiger partial charge < -0.3 is 4.90 Å². The van der Waals surface area contributed by atoms with Gasteiger partial charge in [0.2, 0.25) is 10.0 Å². The van der Waals surface area contributed by atoms with Crippen molar-refractivity contribution in [1.29, 1.82) is 0 Å². The predicted octanol–water partition coefficient (Wildman–Crippen LogP) is 4.97.